The minimum absolute atomic E-state index is 0.0409. The van der Waals surface area contributed by atoms with E-state index in [-0.39, 0.29) is 5.91 Å². The fraction of sp³-hybridized carbons (Fsp3) is 0.0714. The summed E-state index contributed by atoms with van der Waals surface area (Å²) < 4.78 is 0. The van der Waals surface area contributed by atoms with Crippen LogP contribution in [0.5, 0.6) is 0 Å². The Morgan fingerprint density at radius 1 is 1.22 bits per heavy atom. The van der Waals surface area contributed by atoms with Crippen molar-refractivity contribution in [2.75, 3.05) is 0 Å². The highest BCUT2D eigenvalue weighted by atomic mass is 32.1. The molecule has 0 saturated heterocycles. The van der Waals surface area contributed by atoms with E-state index in [0.717, 1.165) is 15.8 Å². The van der Waals surface area contributed by atoms with Crippen LogP contribution in [-0.2, 0) is 6.54 Å². The number of hydrogen-bond donors (Lipinski definition) is 2. The molecule has 3 nitrogen and oxygen atoms in total. The highest BCUT2D eigenvalue weighted by molar-refractivity contribution is 7.09. The molecule has 1 aromatic carbocycles. The lowest BCUT2D eigenvalue weighted by Crippen LogP contribution is -2.21. The normalized spacial score (nSPS) is 10.7. The van der Waals surface area contributed by atoms with Gasteiger partial charge >= 0.3 is 0 Å². The van der Waals surface area contributed by atoms with Gasteiger partial charge in [0, 0.05) is 22.0 Å². The Morgan fingerprint density at radius 2 is 2.11 bits per heavy atom. The molecule has 0 unspecified atom stereocenters. The summed E-state index contributed by atoms with van der Waals surface area (Å²) >= 11 is 1.64. The average molecular weight is 256 g/mol. The van der Waals surface area contributed by atoms with Gasteiger partial charge in [-0.05, 0) is 17.5 Å². The highest BCUT2D eigenvalue weighted by Gasteiger charge is 2.10. The summed E-state index contributed by atoms with van der Waals surface area (Å²) in [5.41, 5.74) is 1.68. The van der Waals surface area contributed by atoms with Crippen LogP contribution in [0.25, 0.3) is 10.9 Å². The van der Waals surface area contributed by atoms with Gasteiger partial charge in [0.2, 0.25) is 0 Å². The van der Waals surface area contributed by atoms with E-state index in [9.17, 15) is 4.79 Å². The Hall–Kier alpha value is -2.07. The van der Waals surface area contributed by atoms with Crippen molar-refractivity contribution in [3.63, 3.8) is 0 Å². The van der Waals surface area contributed by atoms with Crippen LogP contribution in [0.3, 0.4) is 0 Å². The lowest BCUT2D eigenvalue weighted by molar-refractivity contribution is 0.0953. The third-order valence-electron chi connectivity index (χ3n) is 2.84. The Balaban J connectivity index is 1.80. The molecule has 0 spiro atoms. The summed E-state index contributed by atoms with van der Waals surface area (Å²) in [6, 6.07) is 11.8. The molecule has 0 saturated carbocycles. The number of aromatic amines is 1. The van der Waals surface area contributed by atoms with Crippen molar-refractivity contribution in [2.24, 2.45) is 0 Å². The predicted octanol–water partition coefficient (Wildman–Crippen LogP) is 3.16. The van der Waals surface area contributed by atoms with Gasteiger partial charge in [0.25, 0.3) is 5.91 Å². The second-order valence-electron chi connectivity index (χ2n) is 4.01. The van der Waals surface area contributed by atoms with Crippen LogP contribution >= 0.6 is 11.3 Å². The van der Waals surface area contributed by atoms with E-state index in [1.165, 1.54) is 0 Å². The molecule has 0 aliphatic rings. The van der Waals surface area contributed by atoms with E-state index in [2.05, 4.69) is 10.3 Å². The molecule has 0 aliphatic carbocycles. The van der Waals surface area contributed by atoms with Crippen LogP contribution in [0.1, 0.15) is 15.2 Å². The number of thiophene rings is 1. The van der Waals surface area contributed by atoms with E-state index >= 15 is 0 Å². The van der Waals surface area contributed by atoms with Crippen molar-refractivity contribution in [1.82, 2.24) is 10.3 Å². The maximum absolute atomic E-state index is 12.1. The van der Waals surface area contributed by atoms with E-state index in [1.807, 2.05) is 41.8 Å². The second kappa shape index (κ2) is 4.66. The molecule has 4 heteroatoms. The first-order chi connectivity index (χ1) is 8.84. The molecule has 0 aliphatic heterocycles. The topological polar surface area (TPSA) is 44.9 Å². The molecule has 90 valence electrons. The van der Waals surface area contributed by atoms with Gasteiger partial charge < -0.3 is 10.3 Å². The molecule has 2 aromatic heterocycles. The second-order valence-corrected chi connectivity index (χ2v) is 5.04. The molecule has 0 radical (unpaired) electrons. The monoisotopic (exact) mass is 256 g/mol. The van der Waals surface area contributed by atoms with Crippen LogP contribution in [0.2, 0.25) is 0 Å². The fourth-order valence-corrected chi connectivity index (χ4v) is 2.58. The number of carbonyl (C=O) groups excluding carboxylic acids is 1. The summed E-state index contributed by atoms with van der Waals surface area (Å²) in [5, 5.41) is 5.90. The number of para-hydroxylation sites is 1. The first-order valence-electron chi connectivity index (χ1n) is 5.71. The summed E-state index contributed by atoms with van der Waals surface area (Å²) in [6.07, 6.45) is 1.76. The van der Waals surface area contributed by atoms with E-state index in [1.54, 1.807) is 17.5 Å². The minimum Gasteiger partial charge on any atom is -0.360 e. The van der Waals surface area contributed by atoms with Crippen molar-refractivity contribution in [1.29, 1.82) is 0 Å². The van der Waals surface area contributed by atoms with Gasteiger partial charge in [0.05, 0.1) is 12.1 Å². The summed E-state index contributed by atoms with van der Waals surface area (Å²) in [6.45, 7) is 0.579. The first-order valence-corrected chi connectivity index (χ1v) is 6.59. The standard InChI is InChI=1S/C14H12N2OS/c17-14(16-8-10-4-3-7-18-10)12-9-15-13-6-2-1-5-11(12)13/h1-7,9,15H,8H2,(H,16,17). The van der Waals surface area contributed by atoms with Crippen LogP contribution in [0.15, 0.2) is 48.0 Å². The first kappa shape index (κ1) is 11.0. The van der Waals surface area contributed by atoms with Gasteiger partial charge in [-0.1, -0.05) is 24.3 Å². The third-order valence-corrected chi connectivity index (χ3v) is 3.71. The zero-order valence-electron chi connectivity index (χ0n) is 9.64. The number of fused-ring (bicyclic) bond motifs is 1. The maximum atomic E-state index is 12.1. The van der Waals surface area contributed by atoms with Gasteiger partial charge in [0.15, 0.2) is 0 Å². The molecule has 0 bridgehead atoms. The zero-order chi connectivity index (χ0) is 12.4. The molecule has 1 amide bonds. The number of nitrogens with one attached hydrogen (secondary N) is 2. The van der Waals surface area contributed by atoms with Gasteiger partial charge in [-0.25, -0.2) is 0 Å². The van der Waals surface area contributed by atoms with Gasteiger partial charge in [0.1, 0.15) is 0 Å². The van der Waals surface area contributed by atoms with E-state index in [0.29, 0.717) is 12.1 Å². The molecule has 0 fully saturated rings. The molecule has 18 heavy (non-hydrogen) atoms. The van der Waals surface area contributed by atoms with E-state index < -0.39 is 0 Å². The average Bonchev–Trinajstić information content (AvgIpc) is 3.05. The minimum atomic E-state index is -0.0409. The molecule has 3 rings (SSSR count). The van der Waals surface area contributed by atoms with E-state index in [4.69, 9.17) is 0 Å². The van der Waals surface area contributed by atoms with Gasteiger partial charge in [-0.15, -0.1) is 11.3 Å². The van der Waals surface area contributed by atoms with Gasteiger partial charge in [-0.2, -0.15) is 0 Å². The zero-order valence-corrected chi connectivity index (χ0v) is 10.5. The summed E-state index contributed by atoms with van der Waals surface area (Å²) in [4.78, 5) is 16.3. The van der Waals surface area contributed by atoms with Crippen LogP contribution in [-0.4, -0.2) is 10.9 Å². The summed E-state index contributed by atoms with van der Waals surface area (Å²) in [7, 11) is 0. The predicted molar refractivity (Wildman–Crippen MR) is 73.8 cm³/mol. The number of rotatable bonds is 3. The number of benzene rings is 1. The van der Waals surface area contributed by atoms with Crippen LogP contribution < -0.4 is 5.32 Å². The van der Waals surface area contributed by atoms with Crippen molar-refractivity contribution < 1.29 is 4.79 Å². The highest BCUT2D eigenvalue weighted by Crippen LogP contribution is 2.17. The SMILES string of the molecule is O=C(NCc1cccs1)c1c[nH]c2ccccc12. The Morgan fingerprint density at radius 3 is 2.94 bits per heavy atom. The summed E-state index contributed by atoms with van der Waals surface area (Å²) in [5.74, 6) is -0.0409. The number of carbonyl (C=O) groups is 1. The number of H-pyrrole nitrogens is 1. The van der Waals surface area contributed by atoms with Crippen molar-refractivity contribution in [3.05, 3.63) is 58.4 Å². The largest absolute Gasteiger partial charge is 0.360 e. The molecular formula is C14H12N2OS. The smallest absolute Gasteiger partial charge is 0.253 e. The number of hydrogen-bond acceptors (Lipinski definition) is 2. The fourth-order valence-electron chi connectivity index (χ4n) is 1.94. The lowest BCUT2D eigenvalue weighted by Gasteiger charge is -2.02. The van der Waals surface area contributed by atoms with Gasteiger partial charge in [-0.3, -0.25) is 4.79 Å². The Labute approximate surface area is 108 Å². The number of amides is 1. The molecular weight excluding hydrogens is 244 g/mol. The Kier molecular flexibility index (Phi) is 2.86. The van der Waals surface area contributed by atoms with Crippen molar-refractivity contribution in [2.45, 2.75) is 6.54 Å². The van der Waals surface area contributed by atoms with Crippen molar-refractivity contribution >= 4 is 28.1 Å². The lowest BCUT2D eigenvalue weighted by atomic mass is 10.1. The maximum Gasteiger partial charge on any atom is 0.253 e. The number of aromatic nitrogens is 1. The van der Waals surface area contributed by atoms with Crippen molar-refractivity contribution in [3.8, 4) is 0 Å². The van der Waals surface area contributed by atoms with Crippen LogP contribution in [0.4, 0.5) is 0 Å². The quantitative estimate of drug-likeness (QED) is 0.743. The molecule has 2 heterocycles. The molecule has 3 aromatic rings. The third kappa shape index (κ3) is 2.02. The molecule has 2 N–H and O–H groups in total. The van der Waals surface area contributed by atoms with Crippen LogP contribution in [0, 0.1) is 0 Å². The Bertz CT molecular complexity index is 670. The molecule has 0 atom stereocenters.